The maximum Gasteiger partial charge on any atom is 1.00 e. The predicted octanol–water partition coefficient (Wildman–Crippen LogP) is -11.2. The van der Waals surface area contributed by atoms with E-state index in [1.807, 2.05) is 0 Å². The van der Waals surface area contributed by atoms with Crippen LogP contribution in [-0.2, 0) is 19.2 Å². The van der Waals surface area contributed by atoms with Gasteiger partial charge in [-0.1, -0.05) is 0 Å². The quantitative estimate of drug-likeness (QED) is 0.163. The Bertz CT molecular complexity index is 566. The third kappa shape index (κ3) is 18.8. The van der Waals surface area contributed by atoms with Crippen molar-refractivity contribution in [2.45, 2.75) is 12.8 Å². The molecule has 0 radical (unpaired) electrons. The van der Waals surface area contributed by atoms with Crippen molar-refractivity contribution in [1.29, 1.82) is 0 Å². The molecule has 0 aliphatic carbocycles. The monoisotopic (exact) mass is 424 g/mol. The normalized spacial score (nSPS) is 9.85. The molecule has 0 aliphatic heterocycles. The third-order valence-electron chi connectivity index (χ3n) is 2.02. The van der Waals surface area contributed by atoms with E-state index in [9.17, 15) is 39.2 Å². The van der Waals surface area contributed by atoms with Crippen molar-refractivity contribution in [3.05, 3.63) is 11.1 Å². The predicted molar refractivity (Wildman–Crippen MR) is 77.8 cm³/mol. The van der Waals surface area contributed by atoms with E-state index in [2.05, 4.69) is 0 Å². The summed E-state index contributed by atoms with van der Waals surface area (Å²) in [5.41, 5.74) is -1.21. The maximum atomic E-state index is 10.5. The Hall–Kier alpha value is 0.0200. The molecule has 0 spiro atoms. The zero-order valence-electron chi connectivity index (χ0n) is 14.0. The van der Waals surface area contributed by atoms with Gasteiger partial charge in [0.2, 0.25) is 0 Å². The number of aliphatic hydroxyl groups excluding tert-OH is 2. The zero-order valence-corrected chi connectivity index (χ0v) is 19.8. The van der Waals surface area contributed by atoms with Crippen LogP contribution >= 0.6 is 15.5 Å². The Morgan fingerprint density at radius 2 is 1.08 bits per heavy atom. The molecule has 0 aromatic carbocycles. The van der Waals surface area contributed by atoms with Crippen LogP contribution in [0.1, 0.15) is 12.8 Å². The molecule has 2 N–H and O–H groups in total. The number of hydrogen-bond donors (Lipinski definition) is 2. The molecule has 0 rings (SSSR count). The van der Waals surface area contributed by atoms with E-state index in [0.29, 0.717) is 0 Å². The second-order valence-electron chi connectivity index (χ2n) is 3.63. The van der Waals surface area contributed by atoms with Crippen LogP contribution in [-0.4, -0.2) is 58.3 Å². The molecule has 0 aromatic heterocycles. The summed E-state index contributed by atoms with van der Waals surface area (Å²) in [5.74, 6) is 1.08. The molecule has 0 heterocycles. The van der Waals surface area contributed by atoms with Gasteiger partial charge in [-0.3, -0.25) is 0 Å². The Morgan fingerprint density at radius 1 is 0.808 bits per heavy atom. The second-order valence-corrected chi connectivity index (χ2v) is 6.59. The Balaban J connectivity index is -0.000000173. The molecular formula is C12H12Na2O10P2. The Morgan fingerprint density at radius 3 is 1.23 bits per heavy atom. The van der Waals surface area contributed by atoms with Gasteiger partial charge in [0.05, 0.1) is 50.2 Å². The van der Waals surface area contributed by atoms with E-state index in [-0.39, 0.29) is 72.0 Å². The fraction of sp³-hybridized carbons (Fsp3) is 0.333. The standard InChI is InChI=1S/2C6H7O5P.2Na/c2*7-3-5(6(9)10)1-2-12(11)4-8;;/h2*2,8H,1,4H2,(H,9,10);;/q;;2*+1/p-2. The minimum Gasteiger partial charge on any atom is -0.629 e. The third-order valence-corrected chi connectivity index (χ3v) is 3.75. The fourth-order valence-electron chi connectivity index (χ4n) is 0.835. The number of carbonyl (C=O) groups excluding carboxylic acids is 4. The van der Waals surface area contributed by atoms with Crippen molar-refractivity contribution in [3.8, 4) is 0 Å². The molecule has 0 aliphatic rings. The summed E-state index contributed by atoms with van der Waals surface area (Å²) >= 11 is 0. The fourth-order valence-corrected chi connectivity index (χ4v) is 1.84. The average molecular weight is 424 g/mol. The Labute approximate surface area is 194 Å². The van der Waals surface area contributed by atoms with Gasteiger partial charge in [0.25, 0.3) is 0 Å². The van der Waals surface area contributed by atoms with Crippen LogP contribution in [0.25, 0.3) is 0 Å². The van der Waals surface area contributed by atoms with Crippen molar-refractivity contribution in [3.63, 3.8) is 0 Å². The summed E-state index contributed by atoms with van der Waals surface area (Å²) < 4.78 is 0. The van der Waals surface area contributed by atoms with Gasteiger partial charge in [-0.05, 0) is 0 Å². The largest absolute Gasteiger partial charge is 1.00 e. The molecule has 10 nitrogen and oxygen atoms in total. The van der Waals surface area contributed by atoms with Crippen molar-refractivity contribution >= 4 is 51.0 Å². The van der Waals surface area contributed by atoms with Gasteiger partial charge in [0.1, 0.15) is 11.9 Å². The van der Waals surface area contributed by atoms with Crippen molar-refractivity contribution in [2.24, 2.45) is 0 Å². The minimum atomic E-state index is -1.95. The van der Waals surface area contributed by atoms with Gasteiger partial charge in [-0.25, -0.2) is 9.59 Å². The molecule has 14 heteroatoms. The number of carboxylic acid groups (broad SMARTS) is 2. The van der Waals surface area contributed by atoms with Gasteiger partial charge >= 0.3 is 59.1 Å². The van der Waals surface area contributed by atoms with Crippen LogP contribution in [0, 0.1) is 0 Å². The number of hydrogen-bond acceptors (Lipinski definition) is 10. The second kappa shape index (κ2) is 21.3. The molecule has 0 amide bonds. The van der Waals surface area contributed by atoms with E-state index in [1.165, 1.54) is 0 Å². The van der Waals surface area contributed by atoms with Crippen LogP contribution in [0.15, 0.2) is 11.1 Å². The van der Waals surface area contributed by atoms with E-state index >= 15 is 0 Å². The first-order valence-electron chi connectivity index (χ1n) is 5.89. The number of aliphatic hydroxyl groups is 2. The van der Waals surface area contributed by atoms with Crippen LogP contribution in [0.5, 0.6) is 0 Å². The van der Waals surface area contributed by atoms with Crippen LogP contribution in [0.2, 0.25) is 0 Å². The summed E-state index contributed by atoms with van der Waals surface area (Å²) in [4.78, 5) is 60.9. The van der Waals surface area contributed by atoms with E-state index < -0.39 is 51.3 Å². The van der Waals surface area contributed by atoms with E-state index in [0.717, 1.165) is 23.5 Å². The molecule has 0 saturated carbocycles. The molecule has 26 heavy (non-hydrogen) atoms. The molecule has 2 atom stereocenters. The molecule has 2 unspecified atom stereocenters. The first-order valence-corrected chi connectivity index (χ1v) is 8.92. The van der Waals surface area contributed by atoms with Crippen molar-refractivity contribution in [1.82, 2.24) is 0 Å². The van der Waals surface area contributed by atoms with Crippen LogP contribution in [0.3, 0.4) is 0 Å². The average Bonchev–Trinajstić information content (AvgIpc) is 2.55. The first kappa shape index (κ1) is 33.6. The van der Waals surface area contributed by atoms with Gasteiger partial charge in [0, 0.05) is 12.8 Å². The van der Waals surface area contributed by atoms with Gasteiger partial charge in [-0.2, -0.15) is 0 Å². The van der Waals surface area contributed by atoms with Crippen LogP contribution in [0.4, 0.5) is 0 Å². The minimum absolute atomic E-state index is 0. The zero-order chi connectivity index (χ0) is 19.1. The van der Waals surface area contributed by atoms with Crippen molar-refractivity contribution < 1.29 is 109 Å². The first-order chi connectivity index (χ1) is 11.2. The summed E-state index contributed by atoms with van der Waals surface area (Å²) in [6.07, 6.45) is -1.73. The number of carboxylic acids is 2. The number of aliphatic carboxylic acids is 2. The molecule has 132 valence electrons. The molecule has 0 bridgehead atoms. The maximum absolute atomic E-state index is 10.5. The molecule has 0 saturated heterocycles. The summed E-state index contributed by atoms with van der Waals surface area (Å²) in [7, 11) is -3.90. The smallest absolute Gasteiger partial charge is 0.629 e. The van der Waals surface area contributed by atoms with Gasteiger partial charge < -0.3 is 39.8 Å². The molecule has 0 aromatic rings. The summed E-state index contributed by atoms with van der Waals surface area (Å²) in [6, 6.07) is 0. The molecular weight excluding hydrogens is 412 g/mol. The van der Waals surface area contributed by atoms with E-state index in [1.54, 1.807) is 0 Å². The number of carbonyl (C=O) groups is 2. The number of rotatable bonds is 8. The van der Waals surface area contributed by atoms with Gasteiger partial charge in [0.15, 0.2) is 12.7 Å². The van der Waals surface area contributed by atoms with Crippen LogP contribution < -0.4 is 79.1 Å². The van der Waals surface area contributed by atoms with Gasteiger partial charge in [-0.15, -0.1) is 0 Å². The summed E-state index contributed by atoms with van der Waals surface area (Å²) in [6.45, 7) is 0. The Kier molecular flexibility index (Phi) is 27.5. The summed E-state index contributed by atoms with van der Waals surface area (Å²) in [5, 5.41) is 36.6. The topological polar surface area (TPSA) is 201 Å². The van der Waals surface area contributed by atoms with E-state index in [4.69, 9.17) is 10.2 Å². The van der Waals surface area contributed by atoms with Crippen molar-refractivity contribution in [2.75, 3.05) is 12.7 Å². The molecule has 0 fully saturated rings. The SMILES string of the molecule is O=C=C(CC=[P+]([O-])CO)C(=O)[O-].O=C=C(CC=[P+]([O-])CO)C(=O)[O-].[Na+].[Na+].